The van der Waals surface area contributed by atoms with Crippen LogP contribution >= 0.6 is 0 Å². The molecule has 0 spiro atoms. The third-order valence-electron chi connectivity index (χ3n) is 5.74. The first-order chi connectivity index (χ1) is 13.6. The number of aromatic amines is 1. The van der Waals surface area contributed by atoms with Crippen LogP contribution in [0.1, 0.15) is 43.1 Å². The molecule has 2 heterocycles. The maximum atomic E-state index is 13.0. The van der Waals surface area contributed by atoms with Crippen LogP contribution in [0.5, 0.6) is 5.75 Å². The van der Waals surface area contributed by atoms with Gasteiger partial charge in [0.05, 0.1) is 19.8 Å². The maximum Gasteiger partial charge on any atom is 0.326 e. The number of hydrogen-bond acceptors (Lipinski definition) is 4. The molecule has 0 amide bonds. The first kappa shape index (κ1) is 18.6. The molecule has 28 heavy (non-hydrogen) atoms. The Balaban J connectivity index is 1.92. The standard InChI is InChI=1S/C23H26N2O3/c1-4-23(22(26)28-5-2)14-18-17-13-16(27-3)11-12-19(17)24-21(18)20(25-23)15-9-7-6-8-10-15/h6-13,20,24-25H,4-5,14H2,1-3H3. The van der Waals surface area contributed by atoms with Crippen LogP contribution in [0.15, 0.2) is 48.5 Å². The Morgan fingerprint density at radius 2 is 1.96 bits per heavy atom. The van der Waals surface area contributed by atoms with Crippen molar-refractivity contribution in [3.05, 3.63) is 65.4 Å². The Labute approximate surface area is 165 Å². The zero-order valence-corrected chi connectivity index (χ0v) is 16.5. The predicted octanol–water partition coefficient (Wildman–Crippen LogP) is 4.12. The van der Waals surface area contributed by atoms with Crippen molar-refractivity contribution in [1.82, 2.24) is 10.3 Å². The number of carbonyl (C=O) groups is 1. The van der Waals surface area contributed by atoms with Gasteiger partial charge in [0.2, 0.25) is 0 Å². The first-order valence-electron chi connectivity index (χ1n) is 9.80. The molecular formula is C23H26N2O3. The van der Waals surface area contributed by atoms with Crippen molar-refractivity contribution in [3.63, 3.8) is 0 Å². The smallest absolute Gasteiger partial charge is 0.326 e. The van der Waals surface area contributed by atoms with E-state index in [2.05, 4.69) is 22.4 Å². The highest BCUT2D eigenvalue weighted by Crippen LogP contribution is 2.40. The van der Waals surface area contributed by atoms with Crippen LogP contribution in [-0.2, 0) is 16.0 Å². The second-order valence-corrected chi connectivity index (χ2v) is 7.25. The molecule has 1 aliphatic heterocycles. The van der Waals surface area contributed by atoms with Gasteiger partial charge < -0.3 is 14.5 Å². The molecule has 146 valence electrons. The van der Waals surface area contributed by atoms with E-state index in [0.717, 1.165) is 33.5 Å². The Kier molecular flexibility index (Phi) is 4.85. The van der Waals surface area contributed by atoms with Gasteiger partial charge in [-0.15, -0.1) is 0 Å². The molecule has 0 radical (unpaired) electrons. The first-order valence-corrected chi connectivity index (χ1v) is 9.80. The van der Waals surface area contributed by atoms with E-state index < -0.39 is 5.54 Å². The lowest BCUT2D eigenvalue weighted by Gasteiger charge is -2.40. The van der Waals surface area contributed by atoms with Crippen molar-refractivity contribution in [1.29, 1.82) is 0 Å². The molecule has 5 nitrogen and oxygen atoms in total. The Hall–Kier alpha value is -2.79. The molecule has 1 aromatic heterocycles. The summed E-state index contributed by atoms with van der Waals surface area (Å²) in [6, 6.07) is 16.1. The van der Waals surface area contributed by atoms with Gasteiger partial charge in [0.25, 0.3) is 0 Å². The van der Waals surface area contributed by atoms with Gasteiger partial charge in [0, 0.05) is 23.0 Å². The molecular weight excluding hydrogens is 352 g/mol. The molecule has 3 aromatic rings. The maximum absolute atomic E-state index is 13.0. The van der Waals surface area contributed by atoms with Crippen molar-refractivity contribution < 1.29 is 14.3 Å². The molecule has 0 bridgehead atoms. The lowest BCUT2D eigenvalue weighted by Crippen LogP contribution is -2.58. The van der Waals surface area contributed by atoms with Crippen LogP contribution in [0.3, 0.4) is 0 Å². The van der Waals surface area contributed by atoms with E-state index in [1.165, 1.54) is 0 Å². The third kappa shape index (κ3) is 2.96. The number of methoxy groups -OCH3 is 1. The molecule has 5 heteroatoms. The van der Waals surface area contributed by atoms with Crippen molar-refractivity contribution in [3.8, 4) is 5.75 Å². The minimum absolute atomic E-state index is 0.118. The van der Waals surface area contributed by atoms with Gasteiger partial charge >= 0.3 is 5.97 Å². The fourth-order valence-electron chi connectivity index (χ4n) is 4.18. The summed E-state index contributed by atoms with van der Waals surface area (Å²) in [6.45, 7) is 4.25. The summed E-state index contributed by atoms with van der Waals surface area (Å²) < 4.78 is 10.9. The van der Waals surface area contributed by atoms with E-state index in [4.69, 9.17) is 9.47 Å². The summed E-state index contributed by atoms with van der Waals surface area (Å²) >= 11 is 0. The number of carbonyl (C=O) groups excluding carboxylic acids is 1. The van der Waals surface area contributed by atoms with E-state index in [0.29, 0.717) is 19.4 Å². The minimum Gasteiger partial charge on any atom is -0.497 e. The number of hydrogen-bond donors (Lipinski definition) is 2. The second-order valence-electron chi connectivity index (χ2n) is 7.25. The number of rotatable bonds is 5. The highest BCUT2D eigenvalue weighted by Gasteiger charge is 2.46. The summed E-state index contributed by atoms with van der Waals surface area (Å²) in [4.78, 5) is 16.6. The summed E-state index contributed by atoms with van der Waals surface area (Å²) in [5, 5.41) is 4.72. The molecule has 4 rings (SSSR count). The summed E-state index contributed by atoms with van der Waals surface area (Å²) in [5.41, 5.74) is 3.65. The molecule has 0 aliphatic carbocycles. The molecule has 2 atom stereocenters. The van der Waals surface area contributed by atoms with Gasteiger partial charge in [-0.1, -0.05) is 37.3 Å². The van der Waals surface area contributed by atoms with Crippen molar-refractivity contribution in [2.24, 2.45) is 0 Å². The Morgan fingerprint density at radius 1 is 1.18 bits per heavy atom. The summed E-state index contributed by atoms with van der Waals surface area (Å²) in [6.07, 6.45) is 1.22. The number of H-pyrrole nitrogens is 1. The predicted molar refractivity (Wildman–Crippen MR) is 110 cm³/mol. The number of fused-ring (bicyclic) bond motifs is 3. The van der Waals surface area contributed by atoms with E-state index in [1.54, 1.807) is 7.11 Å². The van der Waals surface area contributed by atoms with Gasteiger partial charge in [-0.05, 0) is 42.7 Å². The van der Waals surface area contributed by atoms with Crippen molar-refractivity contribution in [2.45, 2.75) is 38.3 Å². The quantitative estimate of drug-likeness (QED) is 0.656. The van der Waals surface area contributed by atoms with Crippen LogP contribution in [0.2, 0.25) is 0 Å². The number of ether oxygens (including phenoxy) is 2. The fraction of sp³-hybridized carbons (Fsp3) is 0.348. The van der Waals surface area contributed by atoms with Crippen LogP contribution < -0.4 is 10.1 Å². The van der Waals surface area contributed by atoms with E-state index in [1.807, 2.05) is 50.2 Å². The van der Waals surface area contributed by atoms with Gasteiger partial charge in [0.1, 0.15) is 11.3 Å². The third-order valence-corrected chi connectivity index (χ3v) is 5.74. The second kappa shape index (κ2) is 7.32. The van der Waals surface area contributed by atoms with Gasteiger partial charge in [0.15, 0.2) is 0 Å². The molecule has 2 N–H and O–H groups in total. The zero-order chi connectivity index (χ0) is 19.7. The molecule has 0 saturated carbocycles. The molecule has 2 aromatic carbocycles. The van der Waals surface area contributed by atoms with Crippen LogP contribution in [-0.4, -0.2) is 30.2 Å². The van der Waals surface area contributed by atoms with Gasteiger partial charge in [-0.2, -0.15) is 0 Å². The molecule has 2 unspecified atom stereocenters. The van der Waals surface area contributed by atoms with E-state index in [9.17, 15) is 4.79 Å². The molecule has 0 saturated heterocycles. The lowest BCUT2D eigenvalue weighted by molar-refractivity contribution is -0.152. The Morgan fingerprint density at radius 3 is 2.64 bits per heavy atom. The Bertz CT molecular complexity index is 996. The number of aromatic nitrogens is 1. The molecule has 0 fully saturated rings. The van der Waals surface area contributed by atoms with Crippen LogP contribution in [0.25, 0.3) is 10.9 Å². The number of esters is 1. The zero-order valence-electron chi connectivity index (χ0n) is 16.5. The minimum atomic E-state index is -0.762. The highest BCUT2D eigenvalue weighted by molar-refractivity contribution is 5.90. The average Bonchev–Trinajstić information content (AvgIpc) is 3.11. The van der Waals surface area contributed by atoms with Gasteiger partial charge in [-0.25, -0.2) is 0 Å². The van der Waals surface area contributed by atoms with Crippen molar-refractivity contribution >= 4 is 16.9 Å². The van der Waals surface area contributed by atoms with Crippen molar-refractivity contribution in [2.75, 3.05) is 13.7 Å². The SMILES string of the molecule is CCOC(=O)C1(CC)Cc2c([nH]c3ccc(OC)cc23)C(c2ccccc2)N1. The van der Waals surface area contributed by atoms with Crippen LogP contribution in [0, 0.1) is 0 Å². The number of nitrogens with one attached hydrogen (secondary N) is 2. The largest absolute Gasteiger partial charge is 0.497 e. The van der Waals surface area contributed by atoms with Crippen LogP contribution in [0.4, 0.5) is 0 Å². The number of benzene rings is 2. The topological polar surface area (TPSA) is 63.4 Å². The van der Waals surface area contributed by atoms with E-state index in [-0.39, 0.29) is 12.0 Å². The van der Waals surface area contributed by atoms with E-state index >= 15 is 0 Å². The molecule has 1 aliphatic rings. The average molecular weight is 378 g/mol. The van der Waals surface area contributed by atoms with Gasteiger partial charge in [-0.3, -0.25) is 10.1 Å². The highest BCUT2D eigenvalue weighted by atomic mass is 16.5. The lowest BCUT2D eigenvalue weighted by atomic mass is 9.80. The fourth-order valence-corrected chi connectivity index (χ4v) is 4.18. The normalized spacial score (nSPS) is 21.3. The monoisotopic (exact) mass is 378 g/mol. The summed E-state index contributed by atoms with van der Waals surface area (Å²) in [5.74, 6) is 0.614. The summed E-state index contributed by atoms with van der Waals surface area (Å²) in [7, 11) is 1.67.